The third-order valence-electron chi connectivity index (χ3n) is 2.47. The lowest BCUT2D eigenvalue weighted by molar-refractivity contribution is 0.126. The van der Waals surface area contributed by atoms with Gasteiger partial charge in [0.2, 0.25) is 0 Å². The number of hydrogen-bond donors (Lipinski definition) is 3. The average Bonchev–Trinajstić information content (AvgIpc) is 2.36. The van der Waals surface area contributed by atoms with Crippen LogP contribution in [0.15, 0.2) is 0 Å². The first-order chi connectivity index (χ1) is 5.70. The van der Waals surface area contributed by atoms with Gasteiger partial charge in [-0.25, -0.2) is 0 Å². The van der Waals surface area contributed by atoms with Crippen molar-refractivity contribution in [2.75, 3.05) is 13.1 Å². The summed E-state index contributed by atoms with van der Waals surface area (Å²) < 4.78 is 0. The molecule has 1 saturated carbocycles. The molecule has 1 aliphatic carbocycles. The van der Waals surface area contributed by atoms with Crippen LogP contribution in [0.2, 0.25) is 0 Å². The zero-order valence-electron chi connectivity index (χ0n) is 7.66. The standard InChI is InChI=1S/C9H19NO2/c1-7(11)5-10-6-8-3-2-4-9(8)12/h7-12H,2-6H2,1H3. The Bertz CT molecular complexity index is 128. The molecular weight excluding hydrogens is 154 g/mol. The van der Waals surface area contributed by atoms with Crippen LogP contribution in [0.3, 0.4) is 0 Å². The molecular formula is C9H19NO2. The normalized spacial score (nSPS) is 32.2. The molecule has 3 unspecified atom stereocenters. The average molecular weight is 173 g/mol. The summed E-state index contributed by atoms with van der Waals surface area (Å²) in [6.45, 7) is 3.23. The lowest BCUT2D eigenvalue weighted by Gasteiger charge is -2.15. The molecule has 3 nitrogen and oxygen atoms in total. The highest BCUT2D eigenvalue weighted by atomic mass is 16.3. The van der Waals surface area contributed by atoms with E-state index in [0.717, 1.165) is 25.8 Å². The zero-order chi connectivity index (χ0) is 8.97. The molecule has 12 heavy (non-hydrogen) atoms. The number of aliphatic hydroxyl groups excluding tert-OH is 2. The Morgan fingerprint density at radius 3 is 2.75 bits per heavy atom. The van der Waals surface area contributed by atoms with Crippen LogP contribution in [0, 0.1) is 5.92 Å². The Kier molecular flexibility index (Phi) is 3.98. The van der Waals surface area contributed by atoms with Crippen molar-refractivity contribution in [1.29, 1.82) is 0 Å². The minimum atomic E-state index is -0.288. The van der Waals surface area contributed by atoms with Crippen LogP contribution >= 0.6 is 0 Å². The number of nitrogens with one attached hydrogen (secondary N) is 1. The third kappa shape index (κ3) is 3.09. The second-order valence-electron chi connectivity index (χ2n) is 3.77. The van der Waals surface area contributed by atoms with Crippen molar-refractivity contribution < 1.29 is 10.2 Å². The lowest BCUT2D eigenvalue weighted by atomic mass is 10.1. The van der Waals surface area contributed by atoms with Crippen molar-refractivity contribution >= 4 is 0 Å². The maximum Gasteiger partial charge on any atom is 0.0636 e. The van der Waals surface area contributed by atoms with Crippen LogP contribution in [0.25, 0.3) is 0 Å². The molecule has 0 radical (unpaired) electrons. The third-order valence-corrected chi connectivity index (χ3v) is 2.47. The minimum absolute atomic E-state index is 0.119. The van der Waals surface area contributed by atoms with Crippen molar-refractivity contribution in [3.8, 4) is 0 Å². The Morgan fingerprint density at radius 1 is 1.50 bits per heavy atom. The van der Waals surface area contributed by atoms with E-state index < -0.39 is 0 Å². The largest absolute Gasteiger partial charge is 0.393 e. The van der Waals surface area contributed by atoms with Crippen molar-refractivity contribution in [2.45, 2.75) is 38.4 Å². The van der Waals surface area contributed by atoms with E-state index in [4.69, 9.17) is 5.11 Å². The molecule has 0 bridgehead atoms. The van der Waals surface area contributed by atoms with Crippen LogP contribution < -0.4 is 5.32 Å². The van der Waals surface area contributed by atoms with Crippen LogP contribution in [-0.4, -0.2) is 35.5 Å². The van der Waals surface area contributed by atoms with Crippen molar-refractivity contribution in [3.05, 3.63) is 0 Å². The van der Waals surface area contributed by atoms with Gasteiger partial charge in [0.25, 0.3) is 0 Å². The SMILES string of the molecule is CC(O)CNCC1CCCC1O. The fourth-order valence-electron chi connectivity index (χ4n) is 1.73. The summed E-state index contributed by atoms with van der Waals surface area (Å²) in [4.78, 5) is 0. The topological polar surface area (TPSA) is 52.5 Å². The molecule has 0 aliphatic heterocycles. The van der Waals surface area contributed by atoms with Gasteiger partial charge < -0.3 is 15.5 Å². The Balaban J connectivity index is 2.06. The summed E-state index contributed by atoms with van der Waals surface area (Å²) in [6.07, 6.45) is 2.80. The summed E-state index contributed by atoms with van der Waals surface area (Å²) in [5, 5.41) is 21.6. The van der Waals surface area contributed by atoms with Crippen molar-refractivity contribution in [3.63, 3.8) is 0 Å². The molecule has 3 heteroatoms. The highest BCUT2D eigenvalue weighted by Crippen LogP contribution is 2.24. The quantitative estimate of drug-likeness (QED) is 0.566. The molecule has 0 aromatic carbocycles. The summed E-state index contributed by atoms with van der Waals surface area (Å²) in [5.41, 5.74) is 0. The maximum absolute atomic E-state index is 9.45. The van der Waals surface area contributed by atoms with Gasteiger partial charge in [-0.3, -0.25) is 0 Å². The molecule has 0 amide bonds. The first-order valence-corrected chi connectivity index (χ1v) is 4.77. The van der Waals surface area contributed by atoms with E-state index in [2.05, 4.69) is 5.32 Å². The molecule has 3 atom stereocenters. The van der Waals surface area contributed by atoms with E-state index in [0.29, 0.717) is 12.5 Å². The fourth-order valence-corrected chi connectivity index (χ4v) is 1.73. The van der Waals surface area contributed by atoms with Crippen LogP contribution in [0.5, 0.6) is 0 Å². The molecule has 0 heterocycles. The van der Waals surface area contributed by atoms with Gasteiger partial charge in [-0.15, -0.1) is 0 Å². The summed E-state index contributed by atoms with van der Waals surface area (Å²) in [6, 6.07) is 0. The van der Waals surface area contributed by atoms with E-state index in [9.17, 15) is 5.11 Å². The molecule has 1 aliphatic rings. The van der Waals surface area contributed by atoms with Gasteiger partial charge in [0, 0.05) is 13.1 Å². The maximum atomic E-state index is 9.45. The molecule has 3 N–H and O–H groups in total. The molecule has 0 aromatic heterocycles. The summed E-state index contributed by atoms with van der Waals surface area (Å²) >= 11 is 0. The van der Waals surface area contributed by atoms with E-state index in [1.54, 1.807) is 6.92 Å². The van der Waals surface area contributed by atoms with Gasteiger partial charge in [0.05, 0.1) is 12.2 Å². The van der Waals surface area contributed by atoms with Gasteiger partial charge in [-0.2, -0.15) is 0 Å². The lowest BCUT2D eigenvalue weighted by Crippen LogP contribution is -2.32. The van der Waals surface area contributed by atoms with Crippen LogP contribution in [0.4, 0.5) is 0 Å². The van der Waals surface area contributed by atoms with E-state index in [-0.39, 0.29) is 12.2 Å². The Morgan fingerprint density at radius 2 is 2.25 bits per heavy atom. The monoisotopic (exact) mass is 173 g/mol. The minimum Gasteiger partial charge on any atom is -0.393 e. The first kappa shape index (κ1) is 9.96. The summed E-state index contributed by atoms with van der Waals surface area (Å²) in [7, 11) is 0. The van der Waals surface area contributed by atoms with Gasteiger partial charge >= 0.3 is 0 Å². The molecule has 1 rings (SSSR count). The van der Waals surface area contributed by atoms with Gasteiger partial charge in [0.15, 0.2) is 0 Å². The van der Waals surface area contributed by atoms with E-state index >= 15 is 0 Å². The smallest absolute Gasteiger partial charge is 0.0636 e. The van der Waals surface area contributed by atoms with Crippen LogP contribution in [-0.2, 0) is 0 Å². The Labute approximate surface area is 73.8 Å². The molecule has 0 aromatic rings. The van der Waals surface area contributed by atoms with Crippen LogP contribution in [0.1, 0.15) is 26.2 Å². The number of hydrogen-bond acceptors (Lipinski definition) is 3. The van der Waals surface area contributed by atoms with Gasteiger partial charge in [-0.1, -0.05) is 6.42 Å². The molecule has 0 spiro atoms. The van der Waals surface area contributed by atoms with Gasteiger partial charge in [0.1, 0.15) is 0 Å². The zero-order valence-corrected chi connectivity index (χ0v) is 7.66. The second-order valence-corrected chi connectivity index (χ2v) is 3.77. The predicted octanol–water partition coefficient (Wildman–Crippen LogP) is 0.118. The van der Waals surface area contributed by atoms with Crippen molar-refractivity contribution in [1.82, 2.24) is 5.32 Å². The van der Waals surface area contributed by atoms with Gasteiger partial charge in [-0.05, 0) is 25.7 Å². The fraction of sp³-hybridized carbons (Fsp3) is 1.00. The highest BCUT2D eigenvalue weighted by molar-refractivity contribution is 4.78. The number of rotatable bonds is 4. The molecule has 0 saturated heterocycles. The highest BCUT2D eigenvalue weighted by Gasteiger charge is 2.24. The van der Waals surface area contributed by atoms with E-state index in [1.807, 2.05) is 0 Å². The Hall–Kier alpha value is -0.120. The summed E-state index contributed by atoms with van der Waals surface area (Å²) in [5.74, 6) is 0.406. The number of aliphatic hydroxyl groups is 2. The first-order valence-electron chi connectivity index (χ1n) is 4.77. The van der Waals surface area contributed by atoms with E-state index in [1.165, 1.54) is 0 Å². The van der Waals surface area contributed by atoms with Crippen molar-refractivity contribution in [2.24, 2.45) is 5.92 Å². The molecule has 1 fully saturated rings. The predicted molar refractivity (Wildman–Crippen MR) is 47.9 cm³/mol. The molecule has 72 valence electrons. The second kappa shape index (κ2) is 4.80.